The lowest BCUT2D eigenvalue weighted by atomic mass is 9.96. The molecule has 0 saturated carbocycles. The van der Waals surface area contributed by atoms with Gasteiger partial charge in [-0.15, -0.1) is 0 Å². The summed E-state index contributed by atoms with van der Waals surface area (Å²) in [4.78, 5) is 3.24. The third-order valence-electron chi connectivity index (χ3n) is 3.04. The van der Waals surface area contributed by atoms with Gasteiger partial charge in [0.1, 0.15) is 0 Å². The molecule has 0 bridgehead atoms. The fraction of sp³-hybridized carbons (Fsp3) is 0.636. The van der Waals surface area contributed by atoms with Gasteiger partial charge >= 0.3 is 0 Å². The minimum Gasteiger partial charge on any atom is -0.376 e. The van der Waals surface area contributed by atoms with Crippen LogP contribution in [-0.4, -0.2) is 24.7 Å². The first-order valence-corrected chi connectivity index (χ1v) is 5.25. The van der Waals surface area contributed by atoms with Gasteiger partial charge in [-0.2, -0.15) is 0 Å². The van der Waals surface area contributed by atoms with E-state index in [1.807, 2.05) is 19.3 Å². The average Bonchev–Trinajstić information content (AvgIpc) is 2.80. The molecule has 2 heterocycles. The summed E-state index contributed by atoms with van der Waals surface area (Å²) in [7, 11) is 1.99. The number of aromatic amines is 1. The highest BCUT2D eigenvalue weighted by atomic mass is 16.5. The fourth-order valence-electron chi connectivity index (χ4n) is 2.18. The van der Waals surface area contributed by atoms with Crippen LogP contribution in [0.3, 0.4) is 0 Å². The van der Waals surface area contributed by atoms with Crippen molar-refractivity contribution < 1.29 is 4.74 Å². The molecule has 0 aromatic carbocycles. The molecule has 0 amide bonds. The molecule has 3 unspecified atom stereocenters. The Hall–Kier alpha value is -0.800. The summed E-state index contributed by atoms with van der Waals surface area (Å²) in [5, 5.41) is 3.32. The van der Waals surface area contributed by atoms with Crippen molar-refractivity contribution in [2.24, 2.45) is 5.92 Å². The Morgan fingerprint density at radius 3 is 3.00 bits per heavy atom. The Labute approximate surface area is 84.9 Å². The van der Waals surface area contributed by atoms with Crippen molar-refractivity contribution in [3.8, 4) is 0 Å². The van der Waals surface area contributed by atoms with Gasteiger partial charge in [0, 0.05) is 18.5 Å². The van der Waals surface area contributed by atoms with E-state index in [2.05, 4.69) is 23.3 Å². The van der Waals surface area contributed by atoms with Crippen molar-refractivity contribution in [2.75, 3.05) is 13.7 Å². The van der Waals surface area contributed by atoms with E-state index >= 15 is 0 Å². The lowest BCUT2D eigenvalue weighted by molar-refractivity contribution is 0.0620. The van der Waals surface area contributed by atoms with E-state index in [1.165, 1.54) is 12.1 Å². The Morgan fingerprint density at radius 1 is 1.64 bits per heavy atom. The van der Waals surface area contributed by atoms with Crippen LogP contribution in [0.25, 0.3) is 0 Å². The van der Waals surface area contributed by atoms with Gasteiger partial charge in [-0.05, 0) is 31.5 Å². The Balaban J connectivity index is 2.13. The van der Waals surface area contributed by atoms with Crippen LogP contribution in [0.1, 0.15) is 25.1 Å². The molecule has 3 nitrogen and oxygen atoms in total. The van der Waals surface area contributed by atoms with Gasteiger partial charge in [-0.25, -0.2) is 0 Å². The standard InChI is InChI=1S/C11H18N2O/c1-8-5-7-14-11(8)10(12-2)9-4-3-6-13-9/h3-4,6,8,10-13H,5,7H2,1-2H3. The molecule has 78 valence electrons. The molecule has 2 rings (SSSR count). The normalized spacial score (nSPS) is 29.3. The van der Waals surface area contributed by atoms with Crippen LogP contribution in [0.2, 0.25) is 0 Å². The summed E-state index contributed by atoms with van der Waals surface area (Å²) >= 11 is 0. The van der Waals surface area contributed by atoms with E-state index < -0.39 is 0 Å². The molecule has 3 heteroatoms. The van der Waals surface area contributed by atoms with Gasteiger partial charge < -0.3 is 15.0 Å². The van der Waals surface area contributed by atoms with Crippen LogP contribution in [-0.2, 0) is 4.74 Å². The first kappa shape index (κ1) is 9.74. The van der Waals surface area contributed by atoms with Crippen molar-refractivity contribution >= 4 is 0 Å². The smallest absolute Gasteiger partial charge is 0.0810 e. The molecule has 1 aliphatic rings. The minimum absolute atomic E-state index is 0.294. The van der Waals surface area contributed by atoms with Crippen molar-refractivity contribution in [2.45, 2.75) is 25.5 Å². The molecular formula is C11H18N2O. The molecule has 0 aliphatic carbocycles. The number of hydrogen-bond donors (Lipinski definition) is 2. The predicted molar refractivity (Wildman–Crippen MR) is 56.1 cm³/mol. The van der Waals surface area contributed by atoms with Gasteiger partial charge in [-0.3, -0.25) is 0 Å². The fourth-order valence-corrected chi connectivity index (χ4v) is 2.18. The number of nitrogens with one attached hydrogen (secondary N) is 2. The molecular weight excluding hydrogens is 176 g/mol. The SMILES string of the molecule is CNC(c1ccc[nH]1)C1OCCC1C. The molecule has 14 heavy (non-hydrogen) atoms. The first-order chi connectivity index (χ1) is 6.83. The van der Waals surface area contributed by atoms with Crippen LogP contribution < -0.4 is 5.32 Å². The molecule has 0 spiro atoms. The van der Waals surface area contributed by atoms with Crippen LogP contribution in [0.5, 0.6) is 0 Å². The second kappa shape index (κ2) is 4.15. The first-order valence-electron chi connectivity index (χ1n) is 5.25. The maximum atomic E-state index is 5.76. The molecule has 2 N–H and O–H groups in total. The summed E-state index contributed by atoms with van der Waals surface area (Å²) in [5.41, 5.74) is 1.21. The highest BCUT2D eigenvalue weighted by molar-refractivity contribution is 5.11. The summed E-state index contributed by atoms with van der Waals surface area (Å²) in [5.74, 6) is 0.635. The maximum absolute atomic E-state index is 5.76. The zero-order chi connectivity index (χ0) is 9.97. The Bertz CT molecular complexity index is 271. The summed E-state index contributed by atoms with van der Waals surface area (Å²) < 4.78 is 5.76. The van der Waals surface area contributed by atoms with Gasteiger partial charge in [0.2, 0.25) is 0 Å². The summed E-state index contributed by atoms with van der Waals surface area (Å²) in [6.07, 6.45) is 3.43. The van der Waals surface area contributed by atoms with Crippen LogP contribution in [0.4, 0.5) is 0 Å². The highest BCUT2D eigenvalue weighted by Crippen LogP contribution is 2.30. The van der Waals surface area contributed by atoms with E-state index in [0.717, 1.165) is 6.61 Å². The molecule has 1 aromatic rings. The second-order valence-electron chi connectivity index (χ2n) is 3.99. The van der Waals surface area contributed by atoms with E-state index in [4.69, 9.17) is 4.74 Å². The number of hydrogen-bond acceptors (Lipinski definition) is 2. The van der Waals surface area contributed by atoms with Crippen LogP contribution in [0, 0.1) is 5.92 Å². The Kier molecular flexibility index (Phi) is 2.89. The third kappa shape index (κ3) is 1.70. The van der Waals surface area contributed by atoms with Crippen molar-refractivity contribution in [1.82, 2.24) is 10.3 Å². The number of likely N-dealkylation sites (N-methyl/N-ethyl adjacent to an activating group) is 1. The van der Waals surface area contributed by atoms with Crippen molar-refractivity contribution in [3.05, 3.63) is 24.0 Å². The van der Waals surface area contributed by atoms with E-state index in [1.54, 1.807) is 0 Å². The molecule has 1 fully saturated rings. The topological polar surface area (TPSA) is 37.0 Å². The van der Waals surface area contributed by atoms with Crippen molar-refractivity contribution in [1.29, 1.82) is 0 Å². The van der Waals surface area contributed by atoms with Gasteiger partial charge in [0.15, 0.2) is 0 Å². The van der Waals surface area contributed by atoms with E-state index in [0.29, 0.717) is 18.1 Å². The zero-order valence-electron chi connectivity index (χ0n) is 8.79. The van der Waals surface area contributed by atoms with Crippen molar-refractivity contribution in [3.63, 3.8) is 0 Å². The molecule has 0 radical (unpaired) electrons. The third-order valence-corrected chi connectivity index (χ3v) is 3.04. The lowest BCUT2D eigenvalue weighted by Crippen LogP contribution is -2.32. The van der Waals surface area contributed by atoms with Crippen LogP contribution >= 0.6 is 0 Å². The van der Waals surface area contributed by atoms with E-state index in [-0.39, 0.29) is 0 Å². The van der Waals surface area contributed by atoms with Gasteiger partial charge in [0.25, 0.3) is 0 Å². The molecule has 1 saturated heterocycles. The minimum atomic E-state index is 0.294. The second-order valence-corrected chi connectivity index (χ2v) is 3.99. The Morgan fingerprint density at radius 2 is 2.50 bits per heavy atom. The number of H-pyrrole nitrogens is 1. The summed E-state index contributed by atoms with van der Waals surface area (Å²) in [6.45, 7) is 3.15. The largest absolute Gasteiger partial charge is 0.376 e. The monoisotopic (exact) mass is 194 g/mol. The van der Waals surface area contributed by atoms with Gasteiger partial charge in [-0.1, -0.05) is 6.92 Å². The van der Waals surface area contributed by atoms with E-state index in [9.17, 15) is 0 Å². The number of ether oxygens (including phenoxy) is 1. The summed E-state index contributed by atoms with van der Waals surface area (Å²) in [6, 6.07) is 4.43. The molecule has 1 aliphatic heterocycles. The number of aromatic nitrogens is 1. The molecule has 3 atom stereocenters. The van der Waals surface area contributed by atoms with Gasteiger partial charge in [0.05, 0.1) is 12.1 Å². The molecule has 1 aromatic heterocycles. The number of rotatable bonds is 3. The predicted octanol–water partition coefficient (Wildman–Crippen LogP) is 1.70. The average molecular weight is 194 g/mol. The quantitative estimate of drug-likeness (QED) is 0.768. The lowest BCUT2D eigenvalue weighted by Gasteiger charge is -2.24. The highest BCUT2D eigenvalue weighted by Gasteiger charge is 2.32. The maximum Gasteiger partial charge on any atom is 0.0810 e. The zero-order valence-corrected chi connectivity index (χ0v) is 8.79. The van der Waals surface area contributed by atoms with Crippen LogP contribution in [0.15, 0.2) is 18.3 Å².